The smallest absolute Gasteiger partial charge is 0.355 e. The third kappa shape index (κ3) is 6.52. The Kier molecular flexibility index (Phi) is 9.70. The number of halogens is 3. The summed E-state index contributed by atoms with van der Waals surface area (Å²) in [7, 11) is 0. The average molecular weight is 625 g/mol. The molecule has 0 spiro atoms. The van der Waals surface area contributed by atoms with Gasteiger partial charge >= 0.3 is 6.18 Å². The van der Waals surface area contributed by atoms with Gasteiger partial charge in [-0.15, -0.1) is 11.8 Å². The number of piperidine rings is 1. The van der Waals surface area contributed by atoms with E-state index in [9.17, 15) is 22.8 Å². The molecule has 3 aromatic rings. The first kappa shape index (κ1) is 32.0. The van der Waals surface area contributed by atoms with Crippen molar-refractivity contribution in [1.29, 1.82) is 0 Å². The lowest BCUT2D eigenvalue weighted by atomic mass is 9.84. The van der Waals surface area contributed by atoms with E-state index in [1.165, 1.54) is 11.8 Å². The van der Waals surface area contributed by atoms with Crippen LogP contribution >= 0.6 is 11.8 Å². The molecule has 10 heteroatoms. The summed E-state index contributed by atoms with van der Waals surface area (Å²) in [5, 5.41) is 2.99. The second-order valence-corrected chi connectivity index (χ2v) is 13.3. The lowest BCUT2D eigenvalue weighted by molar-refractivity contribution is -0.138. The molecule has 0 radical (unpaired) electrons. The zero-order chi connectivity index (χ0) is 31.6. The molecule has 44 heavy (non-hydrogen) atoms. The number of benzene rings is 2. The Morgan fingerprint density at radius 1 is 1.11 bits per heavy atom. The summed E-state index contributed by atoms with van der Waals surface area (Å²) in [4.78, 5) is 34.9. The van der Waals surface area contributed by atoms with Crippen LogP contribution in [0.15, 0.2) is 53.7 Å². The number of amides is 1. The summed E-state index contributed by atoms with van der Waals surface area (Å²) in [6.45, 7) is 5.38. The Morgan fingerprint density at radius 3 is 2.59 bits per heavy atom. The first-order valence-corrected chi connectivity index (χ1v) is 16.2. The number of unbranched alkanes of at least 4 members (excludes halogenated alkanes) is 1. The highest BCUT2D eigenvalue weighted by molar-refractivity contribution is 7.99. The normalized spacial score (nSPS) is 17.9. The molecule has 0 bridgehead atoms. The van der Waals surface area contributed by atoms with Crippen LogP contribution in [0.2, 0.25) is 0 Å². The number of fused-ring (bicyclic) bond motifs is 3. The number of anilines is 1. The van der Waals surface area contributed by atoms with Crippen molar-refractivity contribution in [3.8, 4) is 11.1 Å². The number of hydrogen-bond donors (Lipinski definition) is 2. The zero-order valence-corrected chi connectivity index (χ0v) is 26.2. The number of aromatic nitrogens is 1. The van der Waals surface area contributed by atoms with Gasteiger partial charge in [0.05, 0.1) is 23.3 Å². The first-order chi connectivity index (χ1) is 21.0. The van der Waals surface area contributed by atoms with Crippen molar-refractivity contribution in [2.75, 3.05) is 18.0 Å². The second kappa shape index (κ2) is 13.3. The van der Waals surface area contributed by atoms with Crippen molar-refractivity contribution < 1.29 is 22.8 Å². The summed E-state index contributed by atoms with van der Waals surface area (Å²) in [6, 6.07) is 12.7. The van der Waals surface area contributed by atoms with Crippen molar-refractivity contribution in [3.05, 3.63) is 76.5 Å². The third-order valence-corrected chi connectivity index (χ3v) is 9.27. The van der Waals surface area contributed by atoms with E-state index in [2.05, 4.69) is 22.1 Å². The number of nitrogens with zero attached hydrogens (tertiary/aromatic N) is 2. The van der Waals surface area contributed by atoms with Crippen LogP contribution in [0.1, 0.15) is 91.4 Å². The minimum atomic E-state index is -4.54. The second-order valence-electron chi connectivity index (χ2n) is 11.8. The predicted molar refractivity (Wildman–Crippen MR) is 169 cm³/mol. The van der Waals surface area contributed by atoms with Crippen molar-refractivity contribution in [1.82, 2.24) is 10.3 Å². The number of carbonyl (C=O) groups excluding carboxylic acids is 2. The molecule has 234 valence electrons. The summed E-state index contributed by atoms with van der Waals surface area (Å²) in [6.07, 6.45) is 1.57. The molecule has 1 aliphatic carbocycles. The Balaban J connectivity index is 1.79. The quantitative estimate of drug-likeness (QED) is 0.183. The molecule has 2 heterocycles. The van der Waals surface area contributed by atoms with Crippen LogP contribution in [0.4, 0.5) is 18.9 Å². The molecule has 1 aliphatic heterocycles. The molecule has 1 amide bonds. The topological polar surface area (TPSA) is 88.3 Å². The van der Waals surface area contributed by atoms with Gasteiger partial charge in [-0.3, -0.25) is 9.59 Å². The zero-order valence-electron chi connectivity index (χ0n) is 25.3. The van der Waals surface area contributed by atoms with Crippen LogP contribution in [0.3, 0.4) is 0 Å². The number of thioether (sulfide) groups is 1. The van der Waals surface area contributed by atoms with Gasteiger partial charge in [-0.25, -0.2) is 4.98 Å². The van der Waals surface area contributed by atoms with Gasteiger partial charge in [0.25, 0.3) is 0 Å². The van der Waals surface area contributed by atoms with Crippen LogP contribution < -0.4 is 16.0 Å². The van der Waals surface area contributed by atoms with Gasteiger partial charge in [-0.05, 0) is 78.1 Å². The lowest BCUT2D eigenvalue weighted by Crippen LogP contribution is -2.47. The third-order valence-electron chi connectivity index (χ3n) is 8.25. The number of ketones is 1. The molecule has 2 aliphatic rings. The maximum Gasteiger partial charge on any atom is 0.405 e. The average Bonchev–Trinajstić information content (AvgIpc) is 3.32. The van der Waals surface area contributed by atoms with Crippen molar-refractivity contribution >= 4 is 29.1 Å². The molecule has 1 fully saturated rings. The molecule has 2 aromatic carbocycles. The summed E-state index contributed by atoms with van der Waals surface area (Å²) in [5.41, 5.74) is 12.0. The van der Waals surface area contributed by atoms with Crippen LogP contribution in [-0.4, -0.2) is 47.4 Å². The number of nitrogens with two attached hydrogens (primary N) is 1. The highest BCUT2D eigenvalue weighted by atomic mass is 32.2. The van der Waals surface area contributed by atoms with Crippen molar-refractivity contribution in [2.24, 2.45) is 5.73 Å². The number of alkyl halides is 3. The van der Waals surface area contributed by atoms with E-state index >= 15 is 0 Å². The van der Waals surface area contributed by atoms with E-state index in [0.29, 0.717) is 51.5 Å². The highest BCUT2D eigenvalue weighted by Gasteiger charge is 2.41. The van der Waals surface area contributed by atoms with Crippen LogP contribution in [0.25, 0.3) is 11.1 Å². The Morgan fingerprint density at radius 2 is 1.89 bits per heavy atom. The lowest BCUT2D eigenvalue weighted by Gasteiger charge is -2.38. The van der Waals surface area contributed by atoms with Gasteiger partial charge in [-0.1, -0.05) is 51.5 Å². The van der Waals surface area contributed by atoms with E-state index in [1.807, 2.05) is 32.0 Å². The maximum absolute atomic E-state index is 14.7. The van der Waals surface area contributed by atoms with Crippen molar-refractivity contribution in [2.45, 2.75) is 87.8 Å². The van der Waals surface area contributed by atoms with E-state index in [-0.39, 0.29) is 17.2 Å². The fraction of sp³-hybridized carbons (Fsp3) is 0.441. The molecule has 1 aromatic heterocycles. The number of rotatable bonds is 10. The van der Waals surface area contributed by atoms with E-state index in [1.54, 1.807) is 30.5 Å². The van der Waals surface area contributed by atoms with Gasteiger partial charge in [-0.2, -0.15) is 13.2 Å². The Bertz CT molecular complexity index is 1540. The largest absolute Gasteiger partial charge is 0.405 e. The van der Waals surface area contributed by atoms with Crippen LogP contribution in [0.5, 0.6) is 0 Å². The monoisotopic (exact) mass is 624 g/mol. The molecular formula is C34H39F3N4O2S. The molecule has 0 saturated carbocycles. The Hall–Kier alpha value is -3.37. The molecule has 2 unspecified atom stereocenters. The summed E-state index contributed by atoms with van der Waals surface area (Å²) in [5.74, 6) is -1.83. The summed E-state index contributed by atoms with van der Waals surface area (Å²) < 4.78 is 39.7. The maximum atomic E-state index is 14.7. The predicted octanol–water partition coefficient (Wildman–Crippen LogP) is 7.22. The minimum Gasteiger partial charge on any atom is -0.355 e. The van der Waals surface area contributed by atoms with Crippen LogP contribution in [-0.2, 0) is 11.2 Å². The number of nitrogens with one attached hydrogen (secondary N) is 1. The Labute approximate surface area is 261 Å². The molecule has 2 atom stereocenters. The molecule has 6 nitrogen and oxygen atoms in total. The summed E-state index contributed by atoms with van der Waals surface area (Å²) >= 11 is 1.52. The molecular weight excluding hydrogens is 585 g/mol. The van der Waals surface area contributed by atoms with Gasteiger partial charge in [0, 0.05) is 23.6 Å². The number of hydrogen-bond acceptors (Lipinski definition) is 6. The highest BCUT2D eigenvalue weighted by Crippen LogP contribution is 2.51. The standard InChI is InChI=1S/C34H39F3N4O2S/c1-4-5-11-23-28-25(21-12-6-7-13-22(21)29(28)32(43)40-19-34(35,36)37)18-26(30(23)41-17-9-8-15-27(41)38)31(42)24-14-10-16-39-33(24)44-20(2)3/h6-7,10,12-14,16,18,20,27,29H,4-5,8-9,11,15,17,19,38H2,1-3H3,(H,40,43). The van der Waals surface area contributed by atoms with E-state index in [4.69, 9.17) is 5.73 Å². The SMILES string of the molecule is CCCCc1c2c(cc(C(=O)c3cccnc3SC(C)C)c1N1CCCCC1N)-c1ccccc1C2C(=O)NCC(F)(F)F. The molecule has 5 rings (SSSR count). The van der Waals surface area contributed by atoms with Crippen molar-refractivity contribution in [3.63, 3.8) is 0 Å². The van der Waals surface area contributed by atoms with E-state index < -0.39 is 24.5 Å². The molecule has 1 saturated heterocycles. The minimum absolute atomic E-state index is 0.183. The van der Waals surface area contributed by atoms with E-state index in [0.717, 1.165) is 43.2 Å². The van der Waals surface area contributed by atoms with Crippen LogP contribution in [0, 0.1) is 0 Å². The van der Waals surface area contributed by atoms with Gasteiger partial charge in [0.15, 0.2) is 5.78 Å². The van der Waals surface area contributed by atoms with Gasteiger partial charge in [0.1, 0.15) is 11.6 Å². The first-order valence-electron chi connectivity index (χ1n) is 15.3. The number of carbonyl (C=O) groups is 2. The number of pyridine rings is 1. The fourth-order valence-corrected chi connectivity index (χ4v) is 7.23. The van der Waals surface area contributed by atoms with Gasteiger partial charge in [0.2, 0.25) is 5.91 Å². The fourth-order valence-electron chi connectivity index (χ4n) is 6.38. The molecule has 3 N–H and O–H groups in total. The van der Waals surface area contributed by atoms with Gasteiger partial charge < -0.3 is 16.0 Å².